The van der Waals surface area contributed by atoms with Crippen molar-refractivity contribution < 1.29 is 9.47 Å². The van der Waals surface area contributed by atoms with E-state index in [1.807, 2.05) is 42.5 Å². The molecule has 0 aliphatic carbocycles. The topological polar surface area (TPSA) is 46.1 Å². The van der Waals surface area contributed by atoms with E-state index in [0.717, 1.165) is 27.4 Å². The largest absolute Gasteiger partial charge is 0.493 e. The first-order valence-electron chi connectivity index (χ1n) is 7.82. The van der Waals surface area contributed by atoms with Crippen molar-refractivity contribution in [2.75, 3.05) is 32.5 Å². The molecular formula is C18H20ClN3O2S. The van der Waals surface area contributed by atoms with Crippen LogP contribution in [0.4, 0.5) is 5.69 Å². The predicted molar refractivity (Wildman–Crippen MR) is 105 cm³/mol. The fourth-order valence-electron chi connectivity index (χ4n) is 2.44. The van der Waals surface area contributed by atoms with Gasteiger partial charge in [0.1, 0.15) is 6.67 Å². The van der Waals surface area contributed by atoms with Crippen molar-refractivity contribution in [2.45, 2.75) is 5.75 Å². The van der Waals surface area contributed by atoms with Gasteiger partial charge >= 0.3 is 0 Å². The maximum atomic E-state index is 5.91. The molecule has 0 radical (unpaired) electrons. The van der Waals surface area contributed by atoms with Crippen LogP contribution in [-0.2, 0) is 5.75 Å². The highest BCUT2D eigenvalue weighted by Crippen LogP contribution is 2.31. The summed E-state index contributed by atoms with van der Waals surface area (Å²) in [6, 6.07) is 13.8. The summed E-state index contributed by atoms with van der Waals surface area (Å²) in [7, 11) is 3.27. The molecule has 2 aromatic carbocycles. The van der Waals surface area contributed by atoms with Gasteiger partial charge in [-0.2, -0.15) is 0 Å². The Morgan fingerprint density at radius 2 is 1.88 bits per heavy atom. The summed E-state index contributed by atoms with van der Waals surface area (Å²) in [4.78, 5) is 6.75. The standard InChI is InChI=1S/C18H20ClN3O2S/c1-23-16-8-7-15(9-17(16)24-2)22-11-20-18(21-12-22)25-10-13-3-5-14(19)6-4-13/h3-9H,10-12H2,1-2H3,(H,20,21). The van der Waals surface area contributed by atoms with Gasteiger partial charge < -0.3 is 19.7 Å². The van der Waals surface area contributed by atoms with Gasteiger partial charge in [-0.15, -0.1) is 0 Å². The smallest absolute Gasteiger partial charge is 0.162 e. The van der Waals surface area contributed by atoms with Gasteiger partial charge in [0, 0.05) is 22.5 Å². The molecule has 132 valence electrons. The van der Waals surface area contributed by atoms with Crippen molar-refractivity contribution in [1.29, 1.82) is 0 Å². The number of ether oxygens (including phenoxy) is 2. The van der Waals surface area contributed by atoms with E-state index in [-0.39, 0.29) is 0 Å². The van der Waals surface area contributed by atoms with Crippen molar-refractivity contribution >= 4 is 34.2 Å². The van der Waals surface area contributed by atoms with E-state index in [2.05, 4.69) is 15.2 Å². The normalized spacial score (nSPS) is 13.9. The van der Waals surface area contributed by atoms with E-state index in [9.17, 15) is 0 Å². The summed E-state index contributed by atoms with van der Waals surface area (Å²) >= 11 is 7.60. The number of amidine groups is 1. The van der Waals surface area contributed by atoms with E-state index >= 15 is 0 Å². The molecule has 25 heavy (non-hydrogen) atoms. The Morgan fingerprint density at radius 1 is 1.12 bits per heavy atom. The number of aliphatic imine (C=N–C) groups is 1. The molecule has 0 aromatic heterocycles. The van der Waals surface area contributed by atoms with Crippen LogP contribution in [0.5, 0.6) is 11.5 Å². The van der Waals surface area contributed by atoms with E-state index in [1.165, 1.54) is 5.56 Å². The lowest BCUT2D eigenvalue weighted by atomic mass is 10.2. The number of nitrogens with zero attached hydrogens (tertiary/aromatic N) is 2. The summed E-state index contributed by atoms with van der Waals surface area (Å²) in [5, 5.41) is 5.06. The second-order valence-electron chi connectivity index (χ2n) is 5.43. The zero-order valence-electron chi connectivity index (χ0n) is 14.2. The first kappa shape index (κ1) is 17.8. The van der Waals surface area contributed by atoms with Crippen LogP contribution in [0.3, 0.4) is 0 Å². The summed E-state index contributed by atoms with van der Waals surface area (Å²) in [5.41, 5.74) is 2.26. The second kappa shape index (κ2) is 8.36. The molecule has 0 atom stereocenters. The third-order valence-corrected chi connectivity index (χ3v) is 5.10. The Hall–Kier alpha value is -2.05. The van der Waals surface area contributed by atoms with Crippen LogP contribution in [0.25, 0.3) is 0 Å². The lowest BCUT2D eigenvalue weighted by Crippen LogP contribution is -2.41. The summed E-state index contributed by atoms with van der Waals surface area (Å²) < 4.78 is 10.6. The lowest BCUT2D eigenvalue weighted by molar-refractivity contribution is 0.355. The van der Waals surface area contributed by atoms with E-state index in [1.54, 1.807) is 26.0 Å². The number of hydrogen-bond acceptors (Lipinski definition) is 6. The van der Waals surface area contributed by atoms with Crippen LogP contribution in [0.2, 0.25) is 5.02 Å². The number of benzene rings is 2. The molecule has 1 N–H and O–H groups in total. The molecule has 0 fully saturated rings. The van der Waals surface area contributed by atoms with Crippen molar-refractivity contribution in [3.8, 4) is 11.5 Å². The number of rotatable bonds is 5. The molecule has 0 saturated carbocycles. The quantitative estimate of drug-likeness (QED) is 0.854. The number of thioether (sulfide) groups is 1. The molecule has 5 nitrogen and oxygen atoms in total. The van der Waals surface area contributed by atoms with Gasteiger partial charge in [-0.25, -0.2) is 4.99 Å². The fourth-order valence-corrected chi connectivity index (χ4v) is 3.38. The van der Waals surface area contributed by atoms with Gasteiger partial charge in [0.2, 0.25) is 0 Å². The summed E-state index contributed by atoms with van der Waals surface area (Å²) in [6.07, 6.45) is 0. The average molecular weight is 378 g/mol. The maximum Gasteiger partial charge on any atom is 0.162 e. The SMILES string of the molecule is COc1ccc(N2CN=C(SCc3ccc(Cl)cc3)NC2)cc1OC. The lowest BCUT2D eigenvalue weighted by Gasteiger charge is -2.28. The first-order chi connectivity index (χ1) is 12.2. The molecule has 1 aliphatic rings. The van der Waals surface area contributed by atoms with Gasteiger partial charge in [0.15, 0.2) is 16.7 Å². The van der Waals surface area contributed by atoms with E-state index in [4.69, 9.17) is 21.1 Å². The molecule has 3 rings (SSSR count). The van der Waals surface area contributed by atoms with E-state index < -0.39 is 0 Å². The third-order valence-electron chi connectivity index (χ3n) is 3.83. The van der Waals surface area contributed by atoms with Crippen molar-refractivity contribution in [3.63, 3.8) is 0 Å². The molecule has 7 heteroatoms. The highest BCUT2D eigenvalue weighted by atomic mass is 35.5. The first-order valence-corrected chi connectivity index (χ1v) is 9.18. The Kier molecular flexibility index (Phi) is 5.94. The highest BCUT2D eigenvalue weighted by molar-refractivity contribution is 8.13. The minimum Gasteiger partial charge on any atom is -0.493 e. The molecule has 0 amide bonds. The van der Waals surface area contributed by atoms with Gasteiger partial charge in [-0.3, -0.25) is 0 Å². The molecule has 2 aromatic rings. The van der Waals surface area contributed by atoms with Gasteiger partial charge in [0.25, 0.3) is 0 Å². The van der Waals surface area contributed by atoms with Gasteiger partial charge in [0.05, 0.1) is 20.9 Å². The highest BCUT2D eigenvalue weighted by Gasteiger charge is 2.15. The molecule has 0 bridgehead atoms. The number of nitrogens with one attached hydrogen (secondary N) is 1. The fraction of sp³-hybridized carbons (Fsp3) is 0.278. The maximum absolute atomic E-state index is 5.91. The Labute approximate surface area is 157 Å². The van der Waals surface area contributed by atoms with Gasteiger partial charge in [-0.05, 0) is 29.8 Å². The summed E-state index contributed by atoms with van der Waals surface area (Å²) in [6.45, 7) is 1.30. The Morgan fingerprint density at radius 3 is 2.52 bits per heavy atom. The van der Waals surface area contributed by atoms with Crippen LogP contribution in [0, 0.1) is 0 Å². The Balaban J connectivity index is 1.59. The van der Waals surface area contributed by atoms with Crippen molar-refractivity contribution in [2.24, 2.45) is 4.99 Å². The molecule has 0 spiro atoms. The van der Waals surface area contributed by atoms with Crippen molar-refractivity contribution in [1.82, 2.24) is 5.32 Å². The zero-order chi connectivity index (χ0) is 17.6. The van der Waals surface area contributed by atoms with E-state index in [0.29, 0.717) is 19.1 Å². The van der Waals surface area contributed by atoms with Crippen LogP contribution in [0.1, 0.15) is 5.56 Å². The second-order valence-corrected chi connectivity index (χ2v) is 6.83. The number of hydrogen-bond donors (Lipinski definition) is 1. The zero-order valence-corrected chi connectivity index (χ0v) is 15.7. The third kappa shape index (κ3) is 4.52. The average Bonchev–Trinajstić information content (AvgIpc) is 2.67. The minimum absolute atomic E-state index is 0.603. The van der Waals surface area contributed by atoms with Crippen LogP contribution in [-0.4, -0.2) is 32.7 Å². The monoisotopic (exact) mass is 377 g/mol. The van der Waals surface area contributed by atoms with Crippen LogP contribution in [0.15, 0.2) is 47.5 Å². The number of halogens is 1. The van der Waals surface area contributed by atoms with Gasteiger partial charge in [-0.1, -0.05) is 35.5 Å². The number of methoxy groups -OCH3 is 2. The molecule has 0 unspecified atom stereocenters. The molecule has 0 saturated heterocycles. The van der Waals surface area contributed by atoms with Crippen molar-refractivity contribution in [3.05, 3.63) is 53.1 Å². The number of anilines is 1. The van der Waals surface area contributed by atoms with Crippen LogP contribution >= 0.6 is 23.4 Å². The summed E-state index contributed by atoms with van der Waals surface area (Å²) in [5.74, 6) is 2.30. The predicted octanol–water partition coefficient (Wildman–Crippen LogP) is 3.97. The molecule has 1 heterocycles. The van der Waals surface area contributed by atoms with Crippen LogP contribution < -0.4 is 19.7 Å². The molecule has 1 aliphatic heterocycles. The molecular weight excluding hydrogens is 358 g/mol. The Bertz CT molecular complexity index is 752. The minimum atomic E-state index is 0.603.